The number of aromatic amines is 1. The lowest BCUT2D eigenvalue weighted by Gasteiger charge is -2.31. The van der Waals surface area contributed by atoms with Crippen LogP contribution >= 0.6 is 11.6 Å². The second kappa shape index (κ2) is 6.20. The fraction of sp³-hybridized carbons (Fsp3) is 0.438. The Kier molecular flexibility index (Phi) is 4.26. The fourth-order valence-corrected chi connectivity index (χ4v) is 3.15. The molecule has 1 aliphatic heterocycles. The maximum absolute atomic E-state index is 12.7. The summed E-state index contributed by atoms with van der Waals surface area (Å²) in [5.74, 6) is -0.0124. The van der Waals surface area contributed by atoms with Crippen molar-refractivity contribution in [3.8, 4) is 0 Å². The van der Waals surface area contributed by atoms with E-state index < -0.39 is 5.76 Å². The number of hydrogen-bond donors (Lipinski definition) is 1. The van der Waals surface area contributed by atoms with Crippen molar-refractivity contribution < 1.29 is 9.21 Å². The molecule has 1 amide bonds. The van der Waals surface area contributed by atoms with Crippen molar-refractivity contribution in [2.24, 2.45) is 0 Å². The molecule has 0 spiro atoms. The summed E-state index contributed by atoms with van der Waals surface area (Å²) >= 11 is 6.09. The van der Waals surface area contributed by atoms with Gasteiger partial charge in [-0.1, -0.05) is 11.6 Å². The van der Waals surface area contributed by atoms with Crippen LogP contribution in [0.3, 0.4) is 0 Å². The molecule has 0 aliphatic carbocycles. The van der Waals surface area contributed by atoms with E-state index in [1.54, 1.807) is 0 Å². The molecule has 3 rings (SSSR count). The summed E-state index contributed by atoms with van der Waals surface area (Å²) in [6.45, 7) is 5.01. The lowest BCUT2D eigenvalue weighted by molar-refractivity contribution is 0.0705. The van der Waals surface area contributed by atoms with Crippen molar-refractivity contribution in [2.45, 2.75) is 32.6 Å². The van der Waals surface area contributed by atoms with E-state index in [4.69, 9.17) is 16.0 Å². The monoisotopic (exact) mass is 335 g/mol. The molecule has 0 atom stereocenters. The number of likely N-dealkylation sites (tertiary alicyclic amines) is 1. The minimum Gasteiger partial charge on any atom is -0.392 e. The summed E-state index contributed by atoms with van der Waals surface area (Å²) in [7, 11) is 0. The van der Waals surface area contributed by atoms with Gasteiger partial charge in [0.05, 0.1) is 0 Å². The number of carbonyl (C=O) groups is 1. The van der Waals surface area contributed by atoms with Crippen LogP contribution in [0, 0.1) is 13.8 Å². The third kappa shape index (κ3) is 3.17. The number of aryl methyl sites for hydroxylation is 2. The largest absolute Gasteiger partial charge is 0.434 e. The minimum absolute atomic E-state index is 0.0178. The van der Waals surface area contributed by atoms with Gasteiger partial charge in [0.1, 0.15) is 0 Å². The van der Waals surface area contributed by atoms with Crippen LogP contribution in [0.1, 0.15) is 46.1 Å². The first-order chi connectivity index (χ1) is 11.0. The van der Waals surface area contributed by atoms with E-state index in [0.29, 0.717) is 29.6 Å². The van der Waals surface area contributed by atoms with Crippen LogP contribution < -0.4 is 5.76 Å². The van der Waals surface area contributed by atoms with Gasteiger partial charge >= 0.3 is 5.76 Å². The molecule has 1 fully saturated rings. The van der Waals surface area contributed by atoms with Gasteiger partial charge in [-0.2, -0.15) is 0 Å². The van der Waals surface area contributed by atoms with Crippen LogP contribution in [0.4, 0.5) is 0 Å². The molecule has 1 N–H and O–H groups in total. The number of aromatic nitrogens is 2. The zero-order valence-corrected chi connectivity index (χ0v) is 13.8. The normalized spacial score (nSPS) is 15.9. The average molecular weight is 336 g/mol. The van der Waals surface area contributed by atoms with E-state index in [1.165, 1.54) is 0 Å². The Morgan fingerprint density at radius 3 is 2.61 bits per heavy atom. The van der Waals surface area contributed by atoms with E-state index in [-0.39, 0.29) is 11.8 Å². The number of carbonyl (C=O) groups excluding carboxylic acids is 1. The standard InChI is InChI=1S/C16H18ClN3O3/c1-9-8-13(17)10(2)7-12(9)15(21)20-5-3-11(4-6-20)14-18-19-16(22)23-14/h7-8,11H,3-6H2,1-2H3,(H,19,22). The first-order valence-corrected chi connectivity index (χ1v) is 7.95. The van der Waals surface area contributed by atoms with Crippen LogP contribution in [0.25, 0.3) is 0 Å². The van der Waals surface area contributed by atoms with E-state index in [1.807, 2.05) is 30.9 Å². The molecular formula is C16H18ClN3O3. The Labute approximate surface area is 138 Å². The molecule has 1 saturated heterocycles. The van der Waals surface area contributed by atoms with Gasteiger partial charge in [-0.05, 0) is 49.9 Å². The van der Waals surface area contributed by atoms with Gasteiger partial charge in [0, 0.05) is 29.6 Å². The van der Waals surface area contributed by atoms with E-state index in [0.717, 1.165) is 24.0 Å². The molecule has 23 heavy (non-hydrogen) atoms. The SMILES string of the molecule is Cc1cc(C(=O)N2CCC(c3n[nH]c(=O)o3)CC2)c(C)cc1Cl. The lowest BCUT2D eigenvalue weighted by atomic mass is 9.95. The Balaban J connectivity index is 1.71. The number of rotatable bonds is 2. The first-order valence-electron chi connectivity index (χ1n) is 7.57. The Morgan fingerprint density at radius 2 is 2.00 bits per heavy atom. The van der Waals surface area contributed by atoms with Crippen molar-refractivity contribution in [2.75, 3.05) is 13.1 Å². The molecule has 122 valence electrons. The summed E-state index contributed by atoms with van der Waals surface area (Å²) in [6.07, 6.45) is 1.45. The molecule has 0 saturated carbocycles. The van der Waals surface area contributed by atoms with Crippen LogP contribution in [0.5, 0.6) is 0 Å². The molecule has 0 bridgehead atoms. The van der Waals surface area contributed by atoms with Crippen LogP contribution in [0.15, 0.2) is 21.3 Å². The highest BCUT2D eigenvalue weighted by atomic mass is 35.5. The van der Waals surface area contributed by atoms with E-state index in [9.17, 15) is 9.59 Å². The molecule has 7 heteroatoms. The van der Waals surface area contributed by atoms with Crippen molar-refractivity contribution in [1.29, 1.82) is 0 Å². The van der Waals surface area contributed by atoms with Crippen LogP contribution in [0.2, 0.25) is 5.02 Å². The molecule has 2 aromatic rings. The highest BCUT2D eigenvalue weighted by Crippen LogP contribution is 2.28. The molecule has 1 aromatic carbocycles. The summed E-state index contributed by atoms with van der Waals surface area (Å²) in [6, 6.07) is 3.67. The second-order valence-corrected chi connectivity index (χ2v) is 6.34. The van der Waals surface area contributed by atoms with Crippen LogP contribution in [-0.2, 0) is 0 Å². The van der Waals surface area contributed by atoms with Gasteiger partial charge in [-0.3, -0.25) is 4.79 Å². The highest BCUT2D eigenvalue weighted by molar-refractivity contribution is 6.31. The van der Waals surface area contributed by atoms with Gasteiger partial charge in [0.25, 0.3) is 5.91 Å². The summed E-state index contributed by atoms with van der Waals surface area (Å²) in [5, 5.41) is 6.83. The topological polar surface area (TPSA) is 79.2 Å². The van der Waals surface area contributed by atoms with Crippen molar-refractivity contribution in [3.05, 3.63) is 50.3 Å². The van der Waals surface area contributed by atoms with E-state index >= 15 is 0 Å². The number of halogens is 1. The average Bonchev–Trinajstić information content (AvgIpc) is 2.97. The Morgan fingerprint density at radius 1 is 1.30 bits per heavy atom. The maximum Gasteiger partial charge on any atom is 0.434 e. The minimum atomic E-state index is -0.536. The number of nitrogens with one attached hydrogen (secondary N) is 1. The molecule has 1 aromatic heterocycles. The smallest absolute Gasteiger partial charge is 0.392 e. The molecule has 6 nitrogen and oxygen atoms in total. The Hall–Kier alpha value is -2.08. The van der Waals surface area contributed by atoms with Crippen molar-refractivity contribution in [3.63, 3.8) is 0 Å². The first kappa shape index (κ1) is 15.8. The summed E-state index contributed by atoms with van der Waals surface area (Å²) in [5.41, 5.74) is 2.47. The predicted octanol–water partition coefficient (Wildman–Crippen LogP) is 2.65. The molecule has 0 radical (unpaired) electrons. The number of H-pyrrole nitrogens is 1. The number of benzene rings is 1. The number of piperidine rings is 1. The highest BCUT2D eigenvalue weighted by Gasteiger charge is 2.28. The molecule has 2 heterocycles. The van der Waals surface area contributed by atoms with Gasteiger partial charge < -0.3 is 9.32 Å². The van der Waals surface area contributed by atoms with Crippen molar-refractivity contribution >= 4 is 17.5 Å². The molecular weight excluding hydrogens is 318 g/mol. The second-order valence-electron chi connectivity index (χ2n) is 5.93. The summed E-state index contributed by atoms with van der Waals surface area (Å²) < 4.78 is 5.01. The quantitative estimate of drug-likeness (QED) is 0.915. The maximum atomic E-state index is 12.7. The number of amides is 1. The third-order valence-corrected chi connectivity index (χ3v) is 4.73. The summed E-state index contributed by atoms with van der Waals surface area (Å²) in [4.78, 5) is 25.6. The van der Waals surface area contributed by atoms with Gasteiger partial charge in [0.15, 0.2) is 0 Å². The number of nitrogens with zero attached hydrogens (tertiary/aromatic N) is 2. The van der Waals surface area contributed by atoms with E-state index in [2.05, 4.69) is 10.2 Å². The van der Waals surface area contributed by atoms with Gasteiger partial charge in [-0.15, -0.1) is 5.10 Å². The predicted molar refractivity (Wildman–Crippen MR) is 85.9 cm³/mol. The van der Waals surface area contributed by atoms with Crippen molar-refractivity contribution in [1.82, 2.24) is 15.1 Å². The number of hydrogen-bond acceptors (Lipinski definition) is 4. The fourth-order valence-electron chi connectivity index (χ4n) is 2.93. The Bertz CT molecular complexity index is 788. The molecule has 1 aliphatic rings. The lowest BCUT2D eigenvalue weighted by Crippen LogP contribution is -2.38. The zero-order valence-electron chi connectivity index (χ0n) is 13.1. The molecule has 0 unspecified atom stereocenters. The van der Waals surface area contributed by atoms with Gasteiger partial charge in [0.2, 0.25) is 5.89 Å². The van der Waals surface area contributed by atoms with Crippen LogP contribution in [-0.4, -0.2) is 34.1 Å². The zero-order chi connectivity index (χ0) is 16.6. The third-order valence-electron chi connectivity index (χ3n) is 4.32. The van der Waals surface area contributed by atoms with Gasteiger partial charge in [-0.25, -0.2) is 9.89 Å².